The Morgan fingerprint density at radius 3 is 2.38 bits per heavy atom. The molecule has 1 aliphatic rings. The summed E-state index contributed by atoms with van der Waals surface area (Å²) in [6.45, 7) is 1.14. The highest BCUT2D eigenvalue weighted by Gasteiger charge is 2.33. The molecule has 0 saturated heterocycles. The van der Waals surface area contributed by atoms with E-state index in [1.807, 2.05) is 0 Å². The highest BCUT2D eigenvalue weighted by Crippen LogP contribution is 2.40. The Labute approximate surface area is 104 Å². The van der Waals surface area contributed by atoms with Crippen LogP contribution in [0.1, 0.15) is 25.7 Å². The van der Waals surface area contributed by atoms with Crippen LogP contribution in [-0.4, -0.2) is 19.3 Å². The van der Waals surface area contributed by atoms with Crippen LogP contribution in [0.2, 0.25) is 0 Å². The minimum Gasteiger partial charge on any atom is -0.374 e. The van der Waals surface area contributed by atoms with Crippen molar-refractivity contribution in [3.8, 4) is 0 Å². The van der Waals surface area contributed by atoms with Crippen LogP contribution in [-0.2, 0) is 0 Å². The van der Waals surface area contributed by atoms with Gasteiger partial charge in [-0.05, 0) is 36.1 Å². The van der Waals surface area contributed by atoms with Crippen LogP contribution in [0, 0.1) is 5.41 Å². The predicted octanol–water partition coefficient (Wildman–Crippen LogP) is 3.61. The number of benzene rings is 1. The molecule has 0 bridgehead atoms. The van der Waals surface area contributed by atoms with Gasteiger partial charge in [0.25, 0.3) is 0 Å². The first kappa shape index (κ1) is 11.8. The fraction of sp³-hybridized carbons (Fsp3) is 0.571. The van der Waals surface area contributed by atoms with Crippen molar-refractivity contribution in [2.75, 3.05) is 24.2 Å². The van der Waals surface area contributed by atoms with Crippen molar-refractivity contribution in [2.45, 2.75) is 25.7 Å². The molecule has 0 aliphatic heterocycles. The summed E-state index contributed by atoms with van der Waals surface area (Å²) in [7, 11) is 2.19. The monoisotopic (exact) mass is 235 g/mol. The van der Waals surface area contributed by atoms with Crippen LogP contribution >= 0.6 is 12.6 Å². The Balaban J connectivity index is 2.03. The van der Waals surface area contributed by atoms with Gasteiger partial charge in [-0.3, -0.25) is 0 Å². The molecule has 1 saturated carbocycles. The maximum atomic E-state index is 4.56. The minimum absolute atomic E-state index is 0.452. The van der Waals surface area contributed by atoms with Crippen LogP contribution < -0.4 is 4.90 Å². The molecule has 0 N–H and O–H groups in total. The van der Waals surface area contributed by atoms with E-state index in [2.05, 4.69) is 54.9 Å². The van der Waals surface area contributed by atoms with E-state index < -0.39 is 0 Å². The highest BCUT2D eigenvalue weighted by molar-refractivity contribution is 7.80. The zero-order valence-electron chi connectivity index (χ0n) is 10.0. The van der Waals surface area contributed by atoms with Gasteiger partial charge in [-0.1, -0.05) is 31.0 Å². The zero-order chi connectivity index (χ0) is 11.4. The summed E-state index contributed by atoms with van der Waals surface area (Å²) >= 11 is 4.56. The Morgan fingerprint density at radius 1 is 1.19 bits per heavy atom. The van der Waals surface area contributed by atoms with Gasteiger partial charge in [-0.2, -0.15) is 12.6 Å². The molecule has 0 atom stereocenters. The molecule has 0 spiro atoms. The zero-order valence-corrected chi connectivity index (χ0v) is 10.9. The molecule has 1 aliphatic carbocycles. The van der Waals surface area contributed by atoms with E-state index in [0.29, 0.717) is 5.41 Å². The van der Waals surface area contributed by atoms with Crippen LogP contribution in [0.15, 0.2) is 30.3 Å². The Bertz CT molecular complexity index is 317. The summed E-state index contributed by atoms with van der Waals surface area (Å²) in [6.07, 6.45) is 5.44. The molecule has 1 aromatic rings. The summed E-state index contributed by atoms with van der Waals surface area (Å²) in [5, 5.41) is 0. The lowest BCUT2D eigenvalue weighted by Crippen LogP contribution is -2.35. The molecular weight excluding hydrogens is 214 g/mol. The Morgan fingerprint density at radius 2 is 1.81 bits per heavy atom. The smallest absolute Gasteiger partial charge is 0.0363 e. The normalized spacial score (nSPS) is 18.6. The third-order valence-electron chi connectivity index (χ3n) is 3.77. The van der Waals surface area contributed by atoms with E-state index in [4.69, 9.17) is 0 Å². The maximum absolute atomic E-state index is 4.56. The number of hydrogen-bond donors (Lipinski definition) is 1. The second-order valence-corrected chi connectivity index (χ2v) is 5.37. The molecule has 1 aromatic carbocycles. The van der Waals surface area contributed by atoms with E-state index in [1.54, 1.807) is 0 Å². The third-order valence-corrected chi connectivity index (χ3v) is 4.44. The molecule has 0 amide bonds. The van der Waals surface area contributed by atoms with Crippen LogP contribution in [0.25, 0.3) is 0 Å². The number of anilines is 1. The van der Waals surface area contributed by atoms with Gasteiger partial charge in [0.15, 0.2) is 0 Å². The Kier molecular flexibility index (Phi) is 3.80. The van der Waals surface area contributed by atoms with E-state index in [-0.39, 0.29) is 0 Å². The van der Waals surface area contributed by atoms with Gasteiger partial charge in [0.2, 0.25) is 0 Å². The van der Waals surface area contributed by atoms with Gasteiger partial charge in [-0.15, -0.1) is 0 Å². The fourth-order valence-corrected chi connectivity index (χ4v) is 3.18. The van der Waals surface area contributed by atoms with Gasteiger partial charge in [0.1, 0.15) is 0 Å². The minimum atomic E-state index is 0.452. The standard InChI is InChI=1S/C14H21NS/c1-15(13-7-3-2-4-8-13)11-14(12-16)9-5-6-10-14/h2-4,7-8,16H,5-6,9-12H2,1H3. The summed E-state index contributed by atoms with van der Waals surface area (Å²) < 4.78 is 0. The fourth-order valence-electron chi connectivity index (χ4n) is 2.77. The third kappa shape index (κ3) is 2.54. The van der Waals surface area contributed by atoms with Crippen LogP contribution in [0.3, 0.4) is 0 Å². The van der Waals surface area contributed by atoms with Crippen molar-refractivity contribution < 1.29 is 0 Å². The second kappa shape index (κ2) is 5.13. The lowest BCUT2D eigenvalue weighted by molar-refractivity contribution is 0.354. The van der Waals surface area contributed by atoms with Crippen LogP contribution in [0.4, 0.5) is 5.69 Å². The largest absolute Gasteiger partial charge is 0.374 e. The molecule has 88 valence electrons. The molecule has 2 heteroatoms. The average molecular weight is 235 g/mol. The molecular formula is C14H21NS. The van der Waals surface area contributed by atoms with Gasteiger partial charge in [0, 0.05) is 19.3 Å². The van der Waals surface area contributed by atoms with Crippen molar-refractivity contribution in [3.05, 3.63) is 30.3 Å². The van der Waals surface area contributed by atoms with Gasteiger partial charge >= 0.3 is 0 Å². The summed E-state index contributed by atoms with van der Waals surface area (Å²) in [4.78, 5) is 2.38. The van der Waals surface area contributed by atoms with Gasteiger partial charge in [-0.25, -0.2) is 0 Å². The van der Waals surface area contributed by atoms with Gasteiger partial charge < -0.3 is 4.90 Å². The summed E-state index contributed by atoms with van der Waals surface area (Å²) in [6, 6.07) is 10.6. The molecule has 2 rings (SSSR count). The average Bonchev–Trinajstić information content (AvgIpc) is 2.79. The summed E-state index contributed by atoms with van der Waals surface area (Å²) in [5.74, 6) is 1.02. The molecule has 1 fully saturated rings. The maximum Gasteiger partial charge on any atom is 0.0363 e. The first-order chi connectivity index (χ1) is 7.76. The Hall–Kier alpha value is -0.630. The number of hydrogen-bond acceptors (Lipinski definition) is 2. The van der Waals surface area contributed by atoms with Crippen molar-refractivity contribution in [1.82, 2.24) is 0 Å². The predicted molar refractivity (Wildman–Crippen MR) is 74.5 cm³/mol. The molecule has 0 radical (unpaired) electrons. The molecule has 1 nitrogen and oxygen atoms in total. The lowest BCUT2D eigenvalue weighted by atomic mass is 9.88. The second-order valence-electron chi connectivity index (χ2n) is 5.06. The molecule has 0 aromatic heterocycles. The van der Waals surface area contributed by atoms with E-state index >= 15 is 0 Å². The van der Waals surface area contributed by atoms with Crippen molar-refractivity contribution in [3.63, 3.8) is 0 Å². The lowest BCUT2D eigenvalue weighted by Gasteiger charge is -2.33. The van der Waals surface area contributed by atoms with Gasteiger partial charge in [0.05, 0.1) is 0 Å². The van der Waals surface area contributed by atoms with Crippen molar-refractivity contribution in [2.24, 2.45) is 5.41 Å². The first-order valence-corrected chi connectivity index (χ1v) is 6.76. The highest BCUT2D eigenvalue weighted by atomic mass is 32.1. The molecule has 16 heavy (non-hydrogen) atoms. The van der Waals surface area contributed by atoms with E-state index in [1.165, 1.54) is 31.4 Å². The number of para-hydroxylation sites is 1. The number of thiol groups is 1. The van der Waals surface area contributed by atoms with Crippen molar-refractivity contribution in [1.29, 1.82) is 0 Å². The van der Waals surface area contributed by atoms with Crippen LogP contribution in [0.5, 0.6) is 0 Å². The first-order valence-electron chi connectivity index (χ1n) is 6.13. The quantitative estimate of drug-likeness (QED) is 0.780. The number of rotatable bonds is 4. The molecule has 0 unspecified atom stereocenters. The summed E-state index contributed by atoms with van der Waals surface area (Å²) in [5.41, 5.74) is 1.77. The topological polar surface area (TPSA) is 3.24 Å². The number of nitrogens with zero attached hydrogens (tertiary/aromatic N) is 1. The molecule has 0 heterocycles. The van der Waals surface area contributed by atoms with Crippen molar-refractivity contribution >= 4 is 18.3 Å². The van der Waals surface area contributed by atoms with E-state index in [9.17, 15) is 0 Å². The van der Waals surface area contributed by atoms with E-state index in [0.717, 1.165) is 12.3 Å². The SMILES string of the molecule is CN(CC1(CS)CCCC1)c1ccccc1.